The van der Waals surface area contributed by atoms with Crippen LogP contribution in [0.25, 0.3) is 0 Å². The van der Waals surface area contributed by atoms with Crippen LogP contribution in [0.1, 0.15) is 29.3 Å². The van der Waals surface area contributed by atoms with E-state index >= 15 is 0 Å². The number of anilines is 1. The van der Waals surface area contributed by atoms with Gasteiger partial charge in [-0.3, -0.25) is 4.79 Å². The first kappa shape index (κ1) is 11.0. The van der Waals surface area contributed by atoms with E-state index in [1.54, 1.807) is 19.0 Å². The summed E-state index contributed by atoms with van der Waals surface area (Å²) in [5.41, 5.74) is 3.21. The van der Waals surface area contributed by atoms with Crippen LogP contribution in [0.5, 0.6) is 0 Å². The van der Waals surface area contributed by atoms with Crippen molar-refractivity contribution < 1.29 is 4.79 Å². The van der Waals surface area contributed by atoms with E-state index in [2.05, 4.69) is 12.2 Å². The summed E-state index contributed by atoms with van der Waals surface area (Å²) in [6.07, 6.45) is 2.19. The number of rotatable bonds is 1. The number of nitrogens with one attached hydrogen (secondary N) is 1. The maximum absolute atomic E-state index is 11.8. The van der Waals surface area contributed by atoms with Gasteiger partial charge in [0.25, 0.3) is 5.91 Å². The van der Waals surface area contributed by atoms with Crippen molar-refractivity contribution >= 4 is 11.6 Å². The first-order valence-corrected chi connectivity index (χ1v) is 5.69. The minimum absolute atomic E-state index is 0.0708. The molecule has 0 aliphatic carbocycles. The molecule has 0 saturated heterocycles. The number of carbonyl (C=O) groups is 1. The topological polar surface area (TPSA) is 32.3 Å². The number of hydrogen-bond donors (Lipinski definition) is 1. The third kappa shape index (κ3) is 2.03. The minimum Gasteiger partial charge on any atom is -0.382 e. The average Bonchev–Trinajstić information content (AvgIpc) is 2.27. The van der Waals surface area contributed by atoms with E-state index in [9.17, 15) is 4.79 Å². The van der Waals surface area contributed by atoms with Crippen LogP contribution in [0.4, 0.5) is 5.69 Å². The Hall–Kier alpha value is -1.51. The van der Waals surface area contributed by atoms with E-state index < -0.39 is 0 Å². The van der Waals surface area contributed by atoms with E-state index in [0.29, 0.717) is 6.04 Å². The van der Waals surface area contributed by atoms with E-state index in [0.717, 1.165) is 18.4 Å². The number of carbonyl (C=O) groups excluding carboxylic acids is 1. The lowest BCUT2D eigenvalue weighted by atomic mass is 9.97. The zero-order valence-electron chi connectivity index (χ0n) is 10.1. The van der Waals surface area contributed by atoms with Gasteiger partial charge in [0.15, 0.2) is 0 Å². The van der Waals surface area contributed by atoms with Gasteiger partial charge in [-0.1, -0.05) is 0 Å². The number of fused-ring (bicyclic) bond motifs is 1. The third-order valence-electron chi connectivity index (χ3n) is 3.01. The minimum atomic E-state index is 0.0708. The van der Waals surface area contributed by atoms with Crippen LogP contribution >= 0.6 is 0 Å². The molecular weight excluding hydrogens is 200 g/mol. The molecule has 1 aromatic carbocycles. The molecule has 1 amide bonds. The quantitative estimate of drug-likeness (QED) is 0.783. The smallest absolute Gasteiger partial charge is 0.253 e. The number of benzene rings is 1. The van der Waals surface area contributed by atoms with E-state index in [4.69, 9.17) is 0 Å². The summed E-state index contributed by atoms with van der Waals surface area (Å²) >= 11 is 0. The van der Waals surface area contributed by atoms with E-state index in [1.165, 1.54) is 11.3 Å². The van der Waals surface area contributed by atoms with E-state index in [1.807, 2.05) is 18.2 Å². The Bertz CT molecular complexity index is 412. The molecule has 3 heteroatoms. The largest absolute Gasteiger partial charge is 0.382 e. The average molecular weight is 218 g/mol. The van der Waals surface area contributed by atoms with Crippen molar-refractivity contribution in [3.8, 4) is 0 Å². The van der Waals surface area contributed by atoms with Crippen LogP contribution in [-0.4, -0.2) is 30.9 Å². The normalized spacial score (nSPS) is 18.6. The van der Waals surface area contributed by atoms with Gasteiger partial charge in [0.1, 0.15) is 0 Å². The van der Waals surface area contributed by atoms with Gasteiger partial charge in [-0.15, -0.1) is 0 Å². The Labute approximate surface area is 96.5 Å². The molecule has 86 valence electrons. The maximum atomic E-state index is 11.8. The van der Waals surface area contributed by atoms with Crippen molar-refractivity contribution in [3.05, 3.63) is 29.3 Å². The molecule has 1 aliphatic heterocycles. The summed E-state index contributed by atoms with van der Waals surface area (Å²) in [4.78, 5) is 13.4. The zero-order chi connectivity index (χ0) is 11.7. The highest BCUT2D eigenvalue weighted by atomic mass is 16.2. The molecule has 0 saturated carbocycles. The number of amides is 1. The first-order valence-electron chi connectivity index (χ1n) is 5.69. The van der Waals surface area contributed by atoms with E-state index in [-0.39, 0.29) is 5.91 Å². The Morgan fingerprint density at radius 2 is 2.19 bits per heavy atom. The standard InChI is InChI=1S/C13H18N2O/c1-9-4-5-10-8-11(13(16)15(2)3)6-7-12(10)14-9/h6-9,14H,4-5H2,1-3H3. The molecule has 1 unspecified atom stereocenters. The maximum Gasteiger partial charge on any atom is 0.253 e. The molecule has 0 bridgehead atoms. The summed E-state index contributed by atoms with van der Waals surface area (Å²) in [7, 11) is 3.56. The van der Waals surface area contributed by atoms with Gasteiger partial charge >= 0.3 is 0 Å². The molecule has 3 nitrogen and oxygen atoms in total. The second kappa shape index (κ2) is 4.16. The molecule has 0 aromatic heterocycles. The molecule has 0 radical (unpaired) electrons. The van der Waals surface area contributed by atoms with Crippen molar-refractivity contribution in [1.29, 1.82) is 0 Å². The fraction of sp³-hybridized carbons (Fsp3) is 0.462. The molecule has 16 heavy (non-hydrogen) atoms. The fourth-order valence-corrected chi connectivity index (χ4v) is 2.04. The molecule has 1 atom stereocenters. The lowest BCUT2D eigenvalue weighted by Gasteiger charge is -2.24. The first-order chi connectivity index (χ1) is 7.58. The lowest BCUT2D eigenvalue weighted by Crippen LogP contribution is -2.24. The van der Waals surface area contributed by atoms with Gasteiger partial charge in [0, 0.05) is 31.4 Å². The highest BCUT2D eigenvalue weighted by Gasteiger charge is 2.16. The van der Waals surface area contributed by atoms with Crippen molar-refractivity contribution in [2.24, 2.45) is 0 Å². The summed E-state index contributed by atoms with van der Waals surface area (Å²) in [5.74, 6) is 0.0708. The summed E-state index contributed by atoms with van der Waals surface area (Å²) in [5, 5.41) is 3.43. The molecule has 1 aromatic rings. The SMILES string of the molecule is CC1CCc2cc(C(=O)N(C)C)ccc2N1. The predicted octanol–water partition coefficient (Wildman–Crippen LogP) is 2.14. The fourth-order valence-electron chi connectivity index (χ4n) is 2.04. The van der Waals surface area contributed by atoms with Crippen molar-refractivity contribution in [2.45, 2.75) is 25.8 Å². The van der Waals surface area contributed by atoms with Gasteiger partial charge in [-0.2, -0.15) is 0 Å². The van der Waals surface area contributed by atoms with Crippen molar-refractivity contribution in [2.75, 3.05) is 19.4 Å². The Kier molecular flexibility index (Phi) is 2.86. The van der Waals surface area contributed by atoms with Gasteiger partial charge < -0.3 is 10.2 Å². The number of aryl methyl sites for hydroxylation is 1. The zero-order valence-corrected chi connectivity index (χ0v) is 10.1. The Morgan fingerprint density at radius 1 is 1.44 bits per heavy atom. The monoisotopic (exact) mass is 218 g/mol. The van der Waals surface area contributed by atoms with Gasteiger partial charge in [-0.05, 0) is 43.5 Å². The molecule has 1 N–H and O–H groups in total. The van der Waals surface area contributed by atoms with Crippen molar-refractivity contribution in [1.82, 2.24) is 4.90 Å². The molecule has 1 heterocycles. The second-order valence-electron chi connectivity index (χ2n) is 4.66. The Balaban J connectivity index is 2.29. The number of hydrogen-bond acceptors (Lipinski definition) is 2. The van der Waals surface area contributed by atoms with Crippen LogP contribution in [0.15, 0.2) is 18.2 Å². The Morgan fingerprint density at radius 3 is 2.88 bits per heavy atom. The highest BCUT2D eigenvalue weighted by Crippen LogP contribution is 2.25. The summed E-state index contributed by atoms with van der Waals surface area (Å²) in [6.45, 7) is 2.18. The summed E-state index contributed by atoms with van der Waals surface area (Å²) < 4.78 is 0. The lowest BCUT2D eigenvalue weighted by molar-refractivity contribution is 0.0827. The van der Waals surface area contributed by atoms with Crippen molar-refractivity contribution in [3.63, 3.8) is 0 Å². The number of nitrogens with zero attached hydrogens (tertiary/aromatic N) is 1. The molecular formula is C13H18N2O. The molecule has 0 spiro atoms. The van der Waals surface area contributed by atoms with Crippen LogP contribution in [0.3, 0.4) is 0 Å². The van der Waals surface area contributed by atoms with Crippen LogP contribution < -0.4 is 5.32 Å². The second-order valence-corrected chi connectivity index (χ2v) is 4.66. The van der Waals surface area contributed by atoms with Gasteiger partial charge in [0.05, 0.1) is 0 Å². The highest BCUT2D eigenvalue weighted by molar-refractivity contribution is 5.94. The van der Waals surface area contributed by atoms with Gasteiger partial charge in [-0.25, -0.2) is 0 Å². The van der Waals surface area contributed by atoms with Crippen LogP contribution in [-0.2, 0) is 6.42 Å². The molecule has 1 aliphatic rings. The van der Waals surface area contributed by atoms with Crippen LogP contribution in [0, 0.1) is 0 Å². The van der Waals surface area contributed by atoms with Gasteiger partial charge in [0.2, 0.25) is 0 Å². The predicted molar refractivity (Wildman–Crippen MR) is 65.9 cm³/mol. The molecule has 2 rings (SSSR count). The van der Waals surface area contributed by atoms with Crippen LogP contribution in [0.2, 0.25) is 0 Å². The molecule has 0 fully saturated rings. The summed E-state index contributed by atoms with van der Waals surface area (Å²) in [6, 6.07) is 6.45. The third-order valence-corrected chi connectivity index (χ3v) is 3.01.